The SMILES string of the molecule is O=C(c1ccc2c(=O)n(Cc3ccccc3)c(N3CCCC3)nc2c1)N1CCN(c2ccccc2)CC1. The van der Waals surface area contributed by atoms with Crippen molar-refractivity contribution in [3.8, 4) is 0 Å². The topological polar surface area (TPSA) is 61.7 Å². The number of hydrogen-bond acceptors (Lipinski definition) is 5. The van der Waals surface area contributed by atoms with Gasteiger partial charge in [0.1, 0.15) is 0 Å². The summed E-state index contributed by atoms with van der Waals surface area (Å²) in [5.41, 5.74) is 3.36. The first-order valence-electron chi connectivity index (χ1n) is 13.1. The number of anilines is 2. The van der Waals surface area contributed by atoms with Crippen LogP contribution in [0.15, 0.2) is 83.7 Å². The minimum atomic E-state index is -0.0637. The second kappa shape index (κ2) is 10.1. The molecule has 2 aliphatic heterocycles. The molecule has 0 saturated carbocycles. The highest BCUT2D eigenvalue weighted by atomic mass is 16.2. The summed E-state index contributed by atoms with van der Waals surface area (Å²) in [7, 11) is 0. The number of hydrogen-bond donors (Lipinski definition) is 0. The average Bonchev–Trinajstić information content (AvgIpc) is 3.50. The van der Waals surface area contributed by atoms with E-state index in [1.54, 1.807) is 22.8 Å². The zero-order chi connectivity index (χ0) is 25.2. The first-order chi connectivity index (χ1) is 18.2. The van der Waals surface area contributed by atoms with Crippen LogP contribution in [0.25, 0.3) is 10.9 Å². The fourth-order valence-electron chi connectivity index (χ4n) is 5.40. The molecule has 0 atom stereocenters. The highest BCUT2D eigenvalue weighted by Crippen LogP contribution is 2.23. The Hall–Kier alpha value is -4.13. The molecule has 6 rings (SSSR count). The quantitative estimate of drug-likeness (QED) is 0.421. The lowest BCUT2D eigenvalue weighted by Crippen LogP contribution is -2.48. The van der Waals surface area contributed by atoms with Crippen LogP contribution in [-0.2, 0) is 6.54 Å². The first-order valence-corrected chi connectivity index (χ1v) is 13.1. The minimum Gasteiger partial charge on any atom is -0.368 e. The Kier molecular flexibility index (Phi) is 6.35. The summed E-state index contributed by atoms with van der Waals surface area (Å²) in [5.74, 6) is 0.688. The Morgan fingerprint density at radius 2 is 1.43 bits per heavy atom. The minimum absolute atomic E-state index is 0.00685. The van der Waals surface area contributed by atoms with Crippen LogP contribution in [0.1, 0.15) is 28.8 Å². The van der Waals surface area contributed by atoms with Crippen LogP contribution >= 0.6 is 0 Å². The summed E-state index contributed by atoms with van der Waals surface area (Å²) in [6, 6.07) is 25.7. The van der Waals surface area contributed by atoms with Crippen LogP contribution in [-0.4, -0.2) is 59.6 Å². The number of carbonyl (C=O) groups excluding carboxylic acids is 1. The highest BCUT2D eigenvalue weighted by Gasteiger charge is 2.24. The number of carbonyl (C=O) groups is 1. The lowest BCUT2D eigenvalue weighted by molar-refractivity contribution is 0.0747. The molecule has 188 valence electrons. The number of amides is 1. The van der Waals surface area contributed by atoms with E-state index in [1.807, 2.05) is 53.4 Å². The predicted octanol–water partition coefficient (Wildman–Crippen LogP) is 4.01. The van der Waals surface area contributed by atoms with E-state index >= 15 is 0 Å². The number of para-hydroxylation sites is 1. The number of nitrogens with zero attached hydrogens (tertiary/aromatic N) is 5. The molecule has 37 heavy (non-hydrogen) atoms. The van der Waals surface area contributed by atoms with Crippen LogP contribution in [0.5, 0.6) is 0 Å². The number of rotatable bonds is 5. The van der Waals surface area contributed by atoms with E-state index < -0.39 is 0 Å². The molecule has 1 amide bonds. The Labute approximate surface area is 216 Å². The molecule has 3 aromatic carbocycles. The fraction of sp³-hybridized carbons (Fsp3) is 0.300. The molecule has 0 unspecified atom stereocenters. The molecule has 2 fully saturated rings. The third-order valence-corrected chi connectivity index (χ3v) is 7.44. The van der Waals surface area contributed by atoms with Crippen molar-refractivity contribution in [2.24, 2.45) is 0 Å². The summed E-state index contributed by atoms with van der Waals surface area (Å²) >= 11 is 0. The van der Waals surface area contributed by atoms with Crippen LogP contribution in [0, 0.1) is 0 Å². The molecule has 2 aliphatic rings. The molecule has 1 aromatic heterocycles. The zero-order valence-corrected chi connectivity index (χ0v) is 20.9. The maximum atomic E-state index is 13.7. The standard InChI is InChI=1S/C30H31N5O2/c36-28(33-19-17-32(18-20-33)25-11-5-2-6-12-25)24-13-14-26-27(21-24)31-30(34-15-7-8-16-34)35(29(26)37)22-23-9-3-1-4-10-23/h1-6,9-14,21H,7-8,15-20,22H2. The van der Waals surface area contributed by atoms with E-state index in [4.69, 9.17) is 4.98 Å². The molecule has 0 radical (unpaired) electrons. The van der Waals surface area contributed by atoms with Crippen LogP contribution in [0.4, 0.5) is 11.6 Å². The average molecular weight is 494 g/mol. The van der Waals surface area contributed by atoms with Crippen molar-refractivity contribution in [3.63, 3.8) is 0 Å². The van der Waals surface area contributed by atoms with E-state index in [-0.39, 0.29) is 11.5 Å². The molecule has 7 heteroatoms. The molecule has 0 bridgehead atoms. The molecule has 4 aromatic rings. The predicted molar refractivity (Wildman–Crippen MR) is 148 cm³/mol. The van der Waals surface area contributed by atoms with Gasteiger partial charge >= 0.3 is 0 Å². The van der Waals surface area contributed by atoms with Crippen LogP contribution in [0.2, 0.25) is 0 Å². The van der Waals surface area contributed by atoms with Crippen LogP contribution < -0.4 is 15.4 Å². The van der Waals surface area contributed by atoms with E-state index in [0.717, 1.165) is 44.6 Å². The molecule has 0 aliphatic carbocycles. The highest BCUT2D eigenvalue weighted by molar-refractivity contribution is 5.98. The van der Waals surface area contributed by atoms with Crippen LogP contribution in [0.3, 0.4) is 0 Å². The third kappa shape index (κ3) is 4.69. The summed E-state index contributed by atoms with van der Waals surface area (Å²) in [5, 5.41) is 0.546. The molecule has 7 nitrogen and oxygen atoms in total. The lowest BCUT2D eigenvalue weighted by atomic mass is 10.1. The van der Waals surface area contributed by atoms with Gasteiger partial charge in [-0.15, -0.1) is 0 Å². The van der Waals surface area contributed by atoms with E-state index in [9.17, 15) is 9.59 Å². The first kappa shape index (κ1) is 23.3. The maximum Gasteiger partial charge on any atom is 0.263 e. The van der Waals surface area contributed by atoms with Gasteiger partial charge in [-0.05, 0) is 48.7 Å². The lowest BCUT2D eigenvalue weighted by Gasteiger charge is -2.36. The van der Waals surface area contributed by atoms with Crippen molar-refractivity contribution < 1.29 is 4.79 Å². The van der Waals surface area contributed by atoms with Gasteiger partial charge in [0.05, 0.1) is 17.4 Å². The summed E-state index contributed by atoms with van der Waals surface area (Å²) in [4.78, 5) is 38.4. The van der Waals surface area contributed by atoms with Crippen molar-refractivity contribution in [2.45, 2.75) is 19.4 Å². The number of benzene rings is 3. The van der Waals surface area contributed by atoms with Crippen molar-refractivity contribution in [1.29, 1.82) is 0 Å². The van der Waals surface area contributed by atoms with Gasteiger partial charge in [-0.25, -0.2) is 4.98 Å². The Morgan fingerprint density at radius 3 is 2.14 bits per heavy atom. The largest absolute Gasteiger partial charge is 0.368 e. The van der Waals surface area contributed by atoms with Gasteiger partial charge in [-0.3, -0.25) is 14.2 Å². The second-order valence-electron chi connectivity index (χ2n) is 9.83. The van der Waals surface area contributed by atoms with E-state index in [1.165, 1.54) is 5.69 Å². The van der Waals surface area contributed by atoms with Gasteiger partial charge in [0.2, 0.25) is 5.95 Å². The molecule has 0 N–H and O–H groups in total. The molecule has 0 spiro atoms. The monoisotopic (exact) mass is 493 g/mol. The Morgan fingerprint density at radius 1 is 0.757 bits per heavy atom. The smallest absolute Gasteiger partial charge is 0.263 e. The third-order valence-electron chi connectivity index (χ3n) is 7.44. The normalized spacial score (nSPS) is 15.9. The van der Waals surface area contributed by atoms with Gasteiger partial charge in [-0.1, -0.05) is 48.5 Å². The fourth-order valence-corrected chi connectivity index (χ4v) is 5.40. The molecular formula is C30H31N5O2. The Bertz CT molecular complexity index is 1450. The summed E-state index contributed by atoms with van der Waals surface area (Å²) in [6.45, 7) is 5.17. The van der Waals surface area contributed by atoms with Crippen molar-refractivity contribution in [1.82, 2.24) is 14.5 Å². The van der Waals surface area contributed by atoms with Gasteiger partial charge in [0, 0.05) is 50.5 Å². The number of fused-ring (bicyclic) bond motifs is 1. The molecule has 3 heterocycles. The molecule has 2 saturated heterocycles. The van der Waals surface area contributed by atoms with E-state index in [2.05, 4.69) is 21.9 Å². The second-order valence-corrected chi connectivity index (χ2v) is 9.83. The van der Waals surface area contributed by atoms with Gasteiger partial charge in [0.25, 0.3) is 11.5 Å². The number of aromatic nitrogens is 2. The van der Waals surface area contributed by atoms with Gasteiger partial charge in [0.15, 0.2) is 0 Å². The summed E-state index contributed by atoms with van der Waals surface area (Å²) < 4.78 is 1.79. The van der Waals surface area contributed by atoms with Crippen molar-refractivity contribution in [3.05, 3.63) is 100 Å². The van der Waals surface area contributed by atoms with Crippen molar-refractivity contribution in [2.75, 3.05) is 49.1 Å². The zero-order valence-electron chi connectivity index (χ0n) is 20.9. The maximum absolute atomic E-state index is 13.7. The van der Waals surface area contributed by atoms with Gasteiger partial charge in [-0.2, -0.15) is 0 Å². The van der Waals surface area contributed by atoms with Crippen molar-refractivity contribution >= 4 is 28.4 Å². The summed E-state index contributed by atoms with van der Waals surface area (Å²) in [6.07, 6.45) is 2.18. The molecular weight excluding hydrogens is 462 g/mol. The Balaban J connectivity index is 1.29. The van der Waals surface area contributed by atoms with E-state index in [0.29, 0.717) is 42.0 Å². The number of piperazine rings is 1. The van der Waals surface area contributed by atoms with Gasteiger partial charge < -0.3 is 14.7 Å².